The third-order valence-corrected chi connectivity index (χ3v) is 6.82. The second kappa shape index (κ2) is 14.3. The van der Waals surface area contributed by atoms with Crippen molar-refractivity contribution in [1.29, 1.82) is 0 Å². The Kier molecular flexibility index (Phi) is 10.9. The zero-order valence-corrected chi connectivity index (χ0v) is 21.4. The first-order valence-electron chi connectivity index (χ1n) is 13.2. The number of nitrogen functional groups attached to an aromatic ring is 2. The summed E-state index contributed by atoms with van der Waals surface area (Å²) in [5.74, 6) is 0.675. The summed E-state index contributed by atoms with van der Waals surface area (Å²) < 4.78 is 10.9. The van der Waals surface area contributed by atoms with E-state index in [4.69, 9.17) is 20.9 Å². The molecule has 0 heterocycles. The van der Waals surface area contributed by atoms with Crippen molar-refractivity contribution < 1.29 is 19.1 Å². The maximum absolute atomic E-state index is 12.6. The van der Waals surface area contributed by atoms with Gasteiger partial charge in [-0.3, -0.25) is 4.79 Å². The highest BCUT2D eigenvalue weighted by Crippen LogP contribution is 2.33. The minimum atomic E-state index is -0.469. The van der Waals surface area contributed by atoms with Crippen LogP contribution in [-0.2, 0) is 20.9 Å². The van der Waals surface area contributed by atoms with Crippen molar-refractivity contribution in [2.24, 2.45) is 11.8 Å². The highest BCUT2D eigenvalue weighted by molar-refractivity contribution is 5.87. The van der Waals surface area contributed by atoms with Gasteiger partial charge in [-0.15, -0.1) is 0 Å². The van der Waals surface area contributed by atoms with E-state index in [1.807, 2.05) is 0 Å². The predicted molar refractivity (Wildman–Crippen MR) is 145 cm³/mol. The van der Waals surface area contributed by atoms with Crippen LogP contribution in [0.15, 0.2) is 48.5 Å². The van der Waals surface area contributed by atoms with Crippen molar-refractivity contribution >= 4 is 29.4 Å². The molecule has 36 heavy (non-hydrogen) atoms. The molecule has 0 aliphatic heterocycles. The molecule has 6 nitrogen and oxygen atoms in total. The Morgan fingerprint density at radius 3 is 2.25 bits per heavy atom. The fraction of sp³-hybridized carbons (Fsp3) is 0.467. The number of hydrogen-bond donors (Lipinski definition) is 2. The first kappa shape index (κ1) is 27.3. The highest BCUT2D eigenvalue weighted by atomic mass is 16.5. The van der Waals surface area contributed by atoms with E-state index in [0.29, 0.717) is 17.1 Å². The summed E-state index contributed by atoms with van der Waals surface area (Å²) in [6, 6.07) is 12.2. The first-order valence-corrected chi connectivity index (χ1v) is 13.2. The van der Waals surface area contributed by atoms with Crippen molar-refractivity contribution in [3.05, 3.63) is 59.7 Å². The average molecular weight is 493 g/mol. The van der Waals surface area contributed by atoms with Gasteiger partial charge in [0.1, 0.15) is 12.4 Å². The molecule has 4 N–H and O–H groups in total. The molecule has 0 atom stereocenters. The summed E-state index contributed by atoms with van der Waals surface area (Å²) in [5.41, 5.74) is 14.1. The summed E-state index contributed by atoms with van der Waals surface area (Å²) in [7, 11) is 0. The lowest BCUT2D eigenvalue weighted by Gasteiger charge is -2.27. The summed E-state index contributed by atoms with van der Waals surface area (Å²) in [4.78, 5) is 24.7. The van der Waals surface area contributed by atoms with Crippen molar-refractivity contribution in [3.8, 4) is 5.75 Å². The zero-order chi connectivity index (χ0) is 25.8. The fourth-order valence-corrected chi connectivity index (χ4v) is 4.77. The van der Waals surface area contributed by atoms with Gasteiger partial charge >= 0.3 is 11.9 Å². The molecule has 0 aromatic heterocycles. The molecular weight excluding hydrogens is 452 g/mol. The molecule has 0 radical (unpaired) electrons. The van der Waals surface area contributed by atoms with Crippen LogP contribution < -0.4 is 16.2 Å². The minimum absolute atomic E-state index is 0.00833. The predicted octanol–water partition coefficient (Wildman–Crippen LogP) is 6.68. The van der Waals surface area contributed by atoms with Crippen LogP contribution in [0.3, 0.4) is 0 Å². The van der Waals surface area contributed by atoms with Gasteiger partial charge in [0.25, 0.3) is 0 Å². The standard InChI is InChI=1S/C30H40N2O4/c1-2-3-4-5-6-7-22-8-13-25(14-9-22)30(34)36-28-15-10-23(11-16-28)12-17-29(33)35-21-24-18-26(31)20-27(32)19-24/h10-12,15-20,22,25H,2-9,13-14,21,31-32H2,1H3. The zero-order valence-electron chi connectivity index (χ0n) is 21.4. The number of benzene rings is 2. The van der Waals surface area contributed by atoms with E-state index >= 15 is 0 Å². The molecule has 0 saturated heterocycles. The number of ether oxygens (including phenoxy) is 2. The Hall–Kier alpha value is -3.28. The molecule has 0 spiro atoms. The lowest BCUT2D eigenvalue weighted by atomic mass is 9.80. The van der Waals surface area contributed by atoms with Gasteiger partial charge < -0.3 is 20.9 Å². The van der Waals surface area contributed by atoms with Gasteiger partial charge in [0.2, 0.25) is 0 Å². The maximum Gasteiger partial charge on any atom is 0.331 e. The maximum atomic E-state index is 12.6. The van der Waals surface area contributed by atoms with E-state index in [-0.39, 0.29) is 18.5 Å². The van der Waals surface area contributed by atoms with E-state index in [1.165, 1.54) is 44.6 Å². The molecule has 1 aliphatic carbocycles. The van der Waals surface area contributed by atoms with E-state index in [1.54, 1.807) is 48.5 Å². The Morgan fingerprint density at radius 1 is 0.917 bits per heavy atom. The fourth-order valence-electron chi connectivity index (χ4n) is 4.77. The lowest BCUT2D eigenvalue weighted by molar-refractivity contribution is -0.140. The van der Waals surface area contributed by atoms with Gasteiger partial charge in [0.05, 0.1) is 5.92 Å². The Labute approximate surface area is 215 Å². The van der Waals surface area contributed by atoms with Gasteiger partial charge in [-0.1, -0.05) is 57.6 Å². The van der Waals surface area contributed by atoms with Crippen LogP contribution in [-0.4, -0.2) is 11.9 Å². The van der Waals surface area contributed by atoms with Crippen LogP contribution in [0.4, 0.5) is 11.4 Å². The summed E-state index contributed by atoms with van der Waals surface area (Å²) in [5, 5.41) is 0. The van der Waals surface area contributed by atoms with Crippen molar-refractivity contribution in [3.63, 3.8) is 0 Å². The van der Waals surface area contributed by atoms with E-state index < -0.39 is 5.97 Å². The third-order valence-electron chi connectivity index (χ3n) is 6.82. The Balaban J connectivity index is 1.37. The first-order chi connectivity index (χ1) is 17.4. The average Bonchev–Trinajstić information content (AvgIpc) is 2.87. The molecular formula is C30H40N2O4. The number of nitrogens with two attached hydrogens (primary N) is 2. The second-order valence-corrected chi connectivity index (χ2v) is 9.86. The second-order valence-electron chi connectivity index (χ2n) is 9.86. The number of carbonyl (C=O) groups excluding carboxylic acids is 2. The molecule has 0 amide bonds. The number of unbranched alkanes of at least 4 members (excludes halogenated alkanes) is 4. The van der Waals surface area contributed by atoms with Crippen LogP contribution in [0.1, 0.15) is 82.3 Å². The van der Waals surface area contributed by atoms with Crippen molar-refractivity contribution in [1.82, 2.24) is 0 Å². The van der Waals surface area contributed by atoms with Gasteiger partial charge in [-0.05, 0) is 79.1 Å². The van der Waals surface area contributed by atoms with E-state index in [0.717, 1.165) is 42.7 Å². The number of hydrogen-bond acceptors (Lipinski definition) is 6. The number of esters is 2. The molecule has 1 fully saturated rings. The summed E-state index contributed by atoms with van der Waals surface area (Å²) in [6.07, 6.45) is 15.0. The molecule has 6 heteroatoms. The normalized spacial score (nSPS) is 17.7. The molecule has 3 rings (SSSR count). The molecule has 1 aliphatic rings. The van der Waals surface area contributed by atoms with Crippen molar-refractivity contribution in [2.75, 3.05) is 11.5 Å². The molecule has 0 unspecified atom stereocenters. The van der Waals surface area contributed by atoms with Gasteiger partial charge in [-0.25, -0.2) is 4.79 Å². The highest BCUT2D eigenvalue weighted by Gasteiger charge is 2.27. The molecule has 1 saturated carbocycles. The van der Waals surface area contributed by atoms with E-state index in [2.05, 4.69) is 6.92 Å². The molecule has 2 aromatic carbocycles. The summed E-state index contributed by atoms with van der Waals surface area (Å²) >= 11 is 0. The Bertz CT molecular complexity index is 988. The van der Waals surface area contributed by atoms with Crippen molar-refractivity contribution in [2.45, 2.75) is 77.7 Å². The van der Waals surface area contributed by atoms with Crippen LogP contribution in [0.2, 0.25) is 0 Å². The van der Waals surface area contributed by atoms with E-state index in [9.17, 15) is 9.59 Å². The quantitative estimate of drug-likeness (QED) is 0.113. The minimum Gasteiger partial charge on any atom is -0.458 e. The van der Waals surface area contributed by atoms with Crippen LogP contribution in [0.5, 0.6) is 5.75 Å². The molecule has 2 aromatic rings. The van der Waals surface area contributed by atoms with Crippen LogP contribution in [0, 0.1) is 11.8 Å². The van der Waals surface area contributed by atoms with Crippen LogP contribution in [0.25, 0.3) is 6.08 Å². The van der Waals surface area contributed by atoms with Gasteiger partial charge in [-0.2, -0.15) is 0 Å². The molecule has 194 valence electrons. The van der Waals surface area contributed by atoms with Gasteiger partial charge in [0, 0.05) is 17.5 Å². The SMILES string of the molecule is CCCCCCCC1CCC(C(=O)Oc2ccc(C=CC(=O)OCc3cc(N)cc(N)c3)cc2)CC1. The molecule has 0 bridgehead atoms. The summed E-state index contributed by atoms with van der Waals surface area (Å²) in [6.45, 7) is 2.34. The monoisotopic (exact) mass is 492 g/mol. The van der Waals surface area contributed by atoms with Crippen LogP contribution >= 0.6 is 0 Å². The number of carbonyl (C=O) groups is 2. The third kappa shape index (κ3) is 9.40. The Morgan fingerprint density at radius 2 is 1.58 bits per heavy atom. The number of anilines is 2. The largest absolute Gasteiger partial charge is 0.458 e. The smallest absolute Gasteiger partial charge is 0.331 e. The lowest BCUT2D eigenvalue weighted by Crippen LogP contribution is -2.25. The number of rotatable bonds is 12. The van der Waals surface area contributed by atoms with Gasteiger partial charge in [0.15, 0.2) is 0 Å². The topological polar surface area (TPSA) is 105 Å².